The molecular formula is C12H14ClN. The summed E-state index contributed by atoms with van der Waals surface area (Å²) in [4.78, 5) is 0. The van der Waals surface area contributed by atoms with Crippen molar-refractivity contribution in [3.63, 3.8) is 0 Å². The van der Waals surface area contributed by atoms with Crippen LogP contribution in [0.15, 0.2) is 24.3 Å². The quantitative estimate of drug-likeness (QED) is 0.747. The Kier molecular flexibility index (Phi) is 2.03. The predicted octanol–water partition coefficient (Wildman–Crippen LogP) is 2.66. The van der Waals surface area contributed by atoms with Crippen molar-refractivity contribution in [2.24, 2.45) is 11.8 Å². The Labute approximate surface area is 89.5 Å². The average molecular weight is 208 g/mol. The van der Waals surface area contributed by atoms with Crippen LogP contribution in [0.25, 0.3) is 0 Å². The Balaban J connectivity index is 1.86. The molecule has 0 spiro atoms. The van der Waals surface area contributed by atoms with E-state index in [1.165, 1.54) is 25.1 Å². The van der Waals surface area contributed by atoms with E-state index in [2.05, 4.69) is 17.4 Å². The molecule has 1 saturated carbocycles. The molecule has 2 fully saturated rings. The first kappa shape index (κ1) is 8.75. The molecule has 0 aromatic heterocycles. The molecule has 1 aromatic carbocycles. The van der Waals surface area contributed by atoms with E-state index in [4.69, 9.17) is 11.6 Å². The third-order valence-electron chi connectivity index (χ3n) is 3.69. The Morgan fingerprint density at radius 1 is 1.07 bits per heavy atom. The lowest BCUT2D eigenvalue weighted by molar-refractivity contribution is 0.0912. The predicted molar refractivity (Wildman–Crippen MR) is 58.7 cm³/mol. The fourth-order valence-corrected chi connectivity index (χ4v) is 3.10. The van der Waals surface area contributed by atoms with Crippen molar-refractivity contribution >= 4 is 11.6 Å². The maximum atomic E-state index is 5.89. The van der Waals surface area contributed by atoms with Crippen LogP contribution in [0.4, 0.5) is 0 Å². The number of halogens is 1. The summed E-state index contributed by atoms with van der Waals surface area (Å²) in [6.45, 7) is 2.40. The summed E-state index contributed by atoms with van der Waals surface area (Å²) >= 11 is 5.89. The van der Waals surface area contributed by atoms with Crippen LogP contribution < -0.4 is 5.32 Å². The summed E-state index contributed by atoms with van der Waals surface area (Å²) < 4.78 is 0. The molecule has 1 nitrogen and oxygen atoms in total. The molecule has 0 radical (unpaired) electrons. The molecule has 2 aliphatic rings. The van der Waals surface area contributed by atoms with E-state index >= 15 is 0 Å². The van der Waals surface area contributed by atoms with Crippen molar-refractivity contribution in [3.05, 3.63) is 34.9 Å². The van der Waals surface area contributed by atoms with Crippen molar-refractivity contribution in [3.8, 4) is 0 Å². The fourth-order valence-electron chi connectivity index (χ4n) is 2.98. The highest BCUT2D eigenvalue weighted by molar-refractivity contribution is 6.30. The summed E-state index contributed by atoms with van der Waals surface area (Å²) in [5.74, 6) is 2.54. The number of benzene rings is 1. The van der Waals surface area contributed by atoms with Gasteiger partial charge in [-0.2, -0.15) is 0 Å². The standard InChI is InChI=1S/C12H14ClN/c13-11-3-1-8(2-4-11)12-9-5-10(12)7-14-6-9/h1-4,9-10,12,14H,5-7H2. The van der Waals surface area contributed by atoms with Gasteiger partial charge >= 0.3 is 0 Å². The zero-order valence-corrected chi connectivity index (χ0v) is 8.80. The van der Waals surface area contributed by atoms with Gasteiger partial charge in [0.15, 0.2) is 0 Å². The fraction of sp³-hybridized carbons (Fsp3) is 0.500. The van der Waals surface area contributed by atoms with Gasteiger partial charge in [-0.3, -0.25) is 0 Å². The number of hydrogen-bond acceptors (Lipinski definition) is 1. The number of rotatable bonds is 1. The van der Waals surface area contributed by atoms with Crippen LogP contribution in [0.3, 0.4) is 0 Å². The Hall–Kier alpha value is -0.530. The van der Waals surface area contributed by atoms with Gasteiger partial charge in [-0.15, -0.1) is 0 Å². The molecule has 1 saturated heterocycles. The number of fused-ring (bicyclic) bond motifs is 2. The highest BCUT2D eigenvalue weighted by Crippen LogP contribution is 2.49. The molecule has 1 aliphatic heterocycles. The maximum absolute atomic E-state index is 5.89. The van der Waals surface area contributed by atoms with E-state index in [1.54, 1.807) is 0 Å². The lowest BCUT2D eigenvalue weighted by atomic mass is 9.60. The van der Waals surface area contributed by atoms with Crippen molar-refractivity contribution in [1.29, 1.82) is 0 Å². The smallest absolute Gasteiger partial charge is 0.0406 e. The molecule has 2 unspecified atom stereocenters. The summed E-state index contributed by atoms with van der Waals surface area (Å²) in [5.41, 5.74) is 1.48. The second-order valence-corrected chi connectivity index (χ2v) is 4.93. The molecule has 74 valence electrons. The van der Waals surface area contributed by atoms with Crippen LogP contribution >= 0.6 is 11.6 Å². The van der Waals surface area contributed by atoms with Gasteiger partial charge in [-0.25, -0.2) is 0 Å². The van der Waals surface area contributed by atoms with Crippen LogP contribution in [0.5, 0.6) is 0 Å². The van der Waals surface area contributed by atoms with E-state index in [9.17, 15) is 0 Å². The summed E-state index contributed by atoms with van der Waals surface area (Å²) in [5, 5.41) is 4.31. The van der Waals surface area contributed by atoms with Gasteiger partial charge in [0.25, 0.3) is 0 Å². The van der Waals surface area contributed by atoms with Gasteiger partial charge in [0.2, 0.25) is 0 Å². The summed E-state index contributed by atoms with van der Waals surface area (Å²) in [7, 11) is 0. The lowest BCUT2D eigenvalue weighted by Gasteiger charge is -2.50. The lowest BCUT2D eigenvalue weighted by Crippen LogP contribution is -2.51. The summed E-state index contributed by atoms with van der Waals surface area (Å²) in [6.07, 6.45) is 1.42. The zero-order chi connectivity index (χ0) is 9.54. The van der Waals surface area contributed by atoms with Crippen molar-refractivity contribution in [2.45, 2.75) is 12.3 Å². The minimum Gasteiger partial charge on any atom is -0.316 e. The summed E-state index contributed by atoms with van der Waals surface area (Å²) in [6, 6.07) is 8.41. The average Bonchev–Trinajstić information content (AvgIpc) is 2.22. The first-order valence-corrected chi connectivity index (χ1v) is 5.68. The van der Waals surface area contributed by atoms with E-state index < -0.39 is 0 Å². The van der Waals surface area contributed by atoms with Gasteiger partial charge in [-0.05, 0) is 55.0 Å². The van der Waals surface area contributed by atoms with Crippen molar-refractivity contribution in [2.75, 3.05) is 13.1 Å². The first-order valence-electron chi connectivity index (χ1n) is 5.31. The molecule has 2 atom stereocenters. The van der Waals surface area contributed by atoms with Crippen LogP contribution in [-0.2, 0) is 0 Å². The number of nitrogens with one attached hydrogen (secondary N) is 1. The first-order chi connectivity index (χ1) is 6.84. The molecule has 2 bridgehead atoms. The molecule has 1 aliphatic carbocycles. The third kappa shape index (κ3) is 1.27. The minimum atomic E-state index is 0.800. The third-order valence-corrected chi connectivity index (χ3v) is 3.94. The highest BCUT2D eigenvalue weighted by atomic mass is 35.5. The second-order valence-electron chi connectivity index (χ2n) is 4.49. The van der Waals surface area contributed by atoms with Crippen molar-refractivity contribution in [1.82, 2.24) is 5.32 Å². The largest absolute Gasteiger partial charge is 0.316 e. The normalized spacial score (nSPS) is 35.1. The zero-order valence-electron chi connectivity index (χ0n) is 8.04. The van der Waals surface area contributed by atoms with Gasteiger partial charge in [0, 0.05) is 5.02 Å². The van der Waals surface area contributed by atoms with Crippen LogP contribution in [0.2, 0.25) is 5.02 Å². The maximum Gasteiger partial charge on any atom is 0.0406 e. The Morgan fingerprint density at radius 3 is 2.29 bits per heavy atom. The number of piperidine rings is 2. The van der Waals surface area contributed by atoms with Gasteiger partial charge in [0.1, 0.15) is 0 Å². The monoisotopic (exact) mass is 207 g/mol. The van der Waals surface area contributed by atoms with Gasteiger partial charge in [-0.1, -0.05) is 23.7 Å². The van der Waals surface area contributed by atoms with Crippen LogP contribution in [0, 0.1) is 11.8 Å². The molecule has 3 rings (SSSR count). The molecular weight excluding hydrogens is 194 g/mol. The molecule has 1 heterocycles. The van der Waals surface area contributed by atoms with Crippen LogP contribution in [0.1, 0.15) is 17.9 Å². The Morgan fingerprint density at radius 2 is 1.71 bits per heavy atom. The minimum absolute atomic E-state index is 0.800. The van der Waals surface area contributed by atoms with Crippen LogP contribution in [-0.4, -0.2) is 13.1 Å². The molecule has 1 N–H and O–H groups in total. The molecule has 1 aromatic rings. The van der Waals surface area contributed by atoms with Crippen molar-refractivity contribution < 1.29 is 0 Å². The SMILES string of the molecule is Clc1ccc(C2C3CNCC2C3)cc1. The Bertz CT molecular complexity index is 319. The van der Waals surface area contributed by atoms with E-state index in [0.29, 0.717) is 0 Å². The van der Waals surface area contributed by atoms with Gasteiger partial charge in [0.05, 0.1) is 0 Å². The van der Waals surface area contributed by atoms with Gasteiger partial charge < -0.3 is 5.32 Å². The second kappa shape index (κ2) is 3.25. The molecule has 2 heteroatoms. The molecule has 0 amide bonds. The molecule has 14 heavy (non-hydrogen) atoms. The number of hydrogen-bond donors (Lipinski definition) is 1. The van der Waals surface area contributed by atoms with E-state index in [-0.39, 0.29) is 0 Å². The topological polar surface area (TPSA) is 12.0 Å². The van der Waals surface area contributed by atoms with E-state index in [1.807, 2.05) is 12.1 Å². The highest BCUT2D eigenvalue weighted by Gasteiger charge is 2.44. The van der Waals surface area contributed by atoms with E-state index in [0.717, 1.165) is 22.8 Å².